The molecular formula is C71H45N3OS2. The van der Waals surface area contributed by atoms with E-state index in [9.17, 15) is 0 Å². The molecule has 4 aromatic heterocycles. The van der Waals surface area contributed by atoms with Crippen molar-refractivity contribution >= 4 is 146 Å². The van der Waals surface area contributed by atoms with Crippen LogP contribution in [0.4, 0.5) is 34.1 Å². The van der Waals surface area contributed by atoms with Gasteiger partial charge in [0.15, 0.2) is 0 Å². The fourth-order valence-electron chi connectivity index (χ4n) is 12.2. The van der Waals surface area contributed by atoms with Gasteiger partial charge in [0.05, 0.1) is 23.7 Å². The zero-order chi connectivity index (χ0) is 50.7. The van der Waals surface area contributed by atoms with Gasteiger partial charge in [-0.1, -0.05) is 133 Å². The molecule has 0 N–H and O–H groups in total. The molecule has 0 fully saturated rings. The fourth-order valence-corrected chi connectivity index (χ4v) is 14.3. The third kappa shape index (κ3) is 6.96. The van der Waals surface area contributed by atoms with Gasteiger partial charge in [-0.15, -0.1) is 22.7 Å². The first-order valence-electron chi connectivity index (χ1n) is 26.1. The van der Waals surface area contributed by atoms with Gasteiger partial charge in [0, 0.05) is 102 Å². The first-order valence-corrected chi connectivity index (χ1v) is 27.7. The smallest absolute Gasteiger partial charge is 0.120 e. The number of fused-ring (bicyclic) bond motifs is 14. The molecule has 0 unspecified atom stereocenters. The number of nitrogens with zero attached hydrogens (tertiary/aromatic N) is 3. The molecule has 0 saturated carbocycles. The van der Waals surface area contributed by atoms with Crippen LogP contribution in [0, 0.1) is 0 Å². The van der Waals surface area contributed by atoms with E-state index in [2.05, 4.69) is 269 Å². The van der Waals surface area contributed by atoms with Crippen LogP contribution >= 0.6 is 22.7 Å². The van der Waals surface area contributed by atoms with Crippen LogP contribution in [0.2, 0.25) is 0 Å². The summed E-state index contributed by atoms with van der Waals surface area (Å²) in [5, 5.41) is 12.4. The van der Waals surface area contributed by atoms with E-state index in [4.69, 9.17) is 4.74 Å². The average Bonchev–Trinajstić information content (AvgIpc) is 4.39. The molecule has 0 aliphatic carbocycles. The molecule has 4 nitrogen and oxygen atoms in total. The maximum atomic E-state index is 6.00. The van der Waals surface area contributed by atoms with Crippen molar-refractivity contribution in [2.45, 2.75) is 0 Å². The minimum Gasteiger partial charge on any atom is -0.497 e. The average molecular weight is 1020 g/mol. The second-order valence-corrected chi connectivity index (χ2v) is 22.2. The third-order valence-electron chi connectivity index (χ3n) is 15.8. The predicted molar refractivity (Wildman–Crippen MR) is 331 cm³/mol. The molecule has 77 heavy (non-hydrogen) atoms. The summed E-state index contributed by atoms with van der Waals surface area (Å²) in [6.45, 7) is 0. The number of hydrogen-bond donors (Lipinski definition) is 0. The highest BCUT2D eigenvalue weighted by Gasteiger charge is 2.24. The van der Waals surface area contributed by atoms with Gasteiger partial charge in [-0.25, -0.2) is 0 Å². The highest BCUT2D eigenvalue weighted by Crippen LogP contribution is 2.49. The predicted octanol–water partition coefficient (Wildman–Crippen LogP) is 21.0. The van der Waals surface area contributed by atoms with Crippen molar-refractivity contribution in [1.82, 2.24) is 4.40 Å². The second-order valence-electron chi connectivity index (χ2n) is 20.0. The monoisotopic (exact) mass is 1020 g/mol. The number of rotatable bonds is 9. The van der Waals surface area contributed by atoms with Crippen LogP contribution in [-0.2, 0) is 0 Å². The number of benzene rings is 12. The molecule has 362 valence electrons. The topological polar surface area (TPSA) is 20.1 Å². The molecule has 0 atom stereocenters. The fraction of sp³-hybridized carbons (Fsp3) is 0.0141. The molecule has 16 aromatic rings. The third-order valence-corrected chi connectivity index (χ3v) is 18.1. The molecule has 6 heteroatoms. The molecule has 0 bridgehead atoms. The number of thiophene rings is 2. The highest BCUT2D eigenvalue weighted by molar-refractivity contribution is 7.26. The van der Waals surface area contributed by atoms with Crippen LogP contribution in [0.25, 0.3) is 111 Å². The van der Waals surface area contributed by atoms with Gasteiger partial charge in [-0.3, -0.25) is 0 Å². The summed E-state index contributed by atoms with van der Waals surface area (Å²) in [6.07, 6.45) is 0. The Balaban J connectivity index is 0.910. The highest BCUT2D eigenvalue weighted by atomic mass is 32.1. The van der Waals surface area contributed by atoms with E-state index in [-0.39, 0.29) is 0 Å². The molecule has 0 aliphatic heterocycles. The summed E-state index contributed by atoms with van der Waals surface area (Å²) in [4.78, 5) is 4.85. The molecule has 0 saturated heterocycles. The van der Waals surface area contributed by atoms with Gasteiger partial charge in [0.1, 0.15) is 5.75 Å². The molecule has 0 aliphatic rings. The van der Waals surface area contributed by atoms with Gasteiger partial charge < -0.3 is 18.9 Å². The summed E-state index contributed by atoms with van der Waals surface area (Å²) in [6, 6.07) is 93.9. The molecule has 0 amide bonds. The Morgan fingerprint density at radius 3 is 1.32 bits per heavy atom. The minimum atomic E-state index is 0.825. The molecule has 16 rings (SSSR count). The van der Waals surface area contributed by atoms with Crippen molar-refractivity contribution in [3.63, 3.8) is 0 Å². The van der Waals surface area contributed by atoms with Crippen molar-refractivity contribution in [2.75, 3.05) is 16.9 Å². The van der Waals surface area contributed by atoms with Gasteiger partial charge in [0.25, 0.3) is 0 Å². The number of anilines is 6. The van der Waals surface area contributed by atoms with Crippen LogP contribution in [0.5, 0.6) is 5.75 Å². The lowest BCUT2D eigenvalue weighted by Gasteiger charge is -2.26. The van der Waals surface area contributed by atoms with E-state index in [1.165, 1.54) is 100 Å². The Morgan fingerprint density at radius 2 is 0.753 bits per heavy atom. The van der Waals surface area contributed by atoms with E-state index >= 15 is 0 Å². The SMILES string of the molecule is COc1ccc2c3c4cc(N(c5ccc(-c6ccccc6)cc5)c5ccc6sc7ccccc7c6c5)ccc4cc4c5ccc(N(c6ccc(-c7ccccc7)cc6)c6ccc7sc8ccccc8c7c6)cc5n(c2c1)c43. The second kappa shape index (κ2) is 17.3. The largest absolute Gasteiger partial charge is 0.497 e. The summed E-state index contributed by atoms with van der Waals surface area (Å²) >= 11 is 3.70. The van der Waals surface area contributed by atoms with Gasteiger partial charge >= 0.3 is 0 Å². The van der Waals surface area contributed by atoms with Crippen LogP contribution in [-0.4, -0.2) is 11.5 Å². The Kier molecular flexibility index (Phi) is 9.86. The van der Waals surface area contributed by atoms with Crippen LogP contribution in [0.15, 0.2) is 255 Å². The van der Waals surface area contributed by atoms with Crippen molar-refractivity contribution in [2.24, 2.45) is 0 Å². The molecular weight excluding hydrogens is 975 g/mol. The number of aromatic nitrogens is 1. The van der Waals surface area contributed by atoms with Crippen molar-refractivity contribution in [3.05, 3.63) is 255 Å². The van der Waals surface area contributed by atoms with Crippen LogP contribution < -0.4 is 14.5 Å². The first kappa shape index (κ1) is 43.9. The normalized spacial score (nSPS) is 12.0. The van der Waals surface area contributed by atoms with E-state index in [0.717, 1.165) is 50.9 Å². The number of hydrogen-bond acceptors (Lipinski definition) is 5. The lowest BCUT2D eigenvalue weighted by atomic mass is 9.98. The maximum Gasteiger partial charge on any atom is 0.120 e. The summed E-state index contributed by atoms with van der Waals surface area (Å²) in [7, 11) is 1.76. The maximum absolute atomic E-state index is 6.00. The van der Waals surface area contributed by atoms with E-state index in [1.807, 2.05) is 22.7 Å². The first-order chi connectivity index (χ1) is 38.1. The number of methoxy groups -OCH3 is 1. The van der Waals surface area contributed by atoms with Crippen LogP contribution in [0.3, 0.4) is 0 Å². The standard InChI is InChI=1S/C71H45N3OS2/c1-75-55-33-35-59-65(43-55)74-64-42-54(73(50-27-22-47(23-28-50)45-14-6-3-7-15-45)53-32-37-69-62(41-53)58-17-9-11-19-67(58)77-69)30-34-56(64)63-38-48-24-29-51(39-60(48)70(59)71(63)74)72(49-25-20-46(21-26-49)44-12-4-2-5-13-44)52-31-36-68-61(40-52)57-16-8-10-18-66(57)76-68/h2-43H,1H3. The van der Waals surface area contributed by atoms with Gasteiger partial charge in [-0.05, 0) is 148 Å². The van der Waals surface area contributed by atoms with Crippen LogP contribution in [0.1, 0.15) is 0 Å². The Morgan fingerprint density at radius 1 is 0.312 bits per heavy atom. The van der Waals surface area contributed by atoms with E-state index in [0.29, 0.717) is 0 Å². The van der Waals surface area contributed by atoms with Gasteiger partial charge in [-0.2, -0.15) is 0 Å². The quantitative estimate of drug-likeness (QED) is 0.144. The molecule has 0 radical (unpaired) electrons. The molecule has 0 spiro atoms. The van der Waals surface area contributed by atoms with E-state index < -0.39 is 0 Å². The minimum absolute atomic E-state index is 0.825. The Labute approximate surface area is 452 Å². The molecule has 12 aromatic carbocycles. The lowest BCUT2D eigenvalue weighted by Crippen LogP contribution is -2.10. The zero-order valence-electron chi connectivity index (χ0n) is 41.8. The van der Waals surface area contributed by atoms with Gasteiger partial charge in [0.2, 0.25) is 0 Å². The number of ether oxygens (including phenoxy) is 1. The van der Waals surface area contributed by atoms with Crippen molar-refractivity contribution < 1.29 is 4.74 Å². The van der Waals surface area contributed by atoms with Crippen molar-refractivity contribution in [1.29, 1.82) is 0 Å². The Hall–Kier alpha value is -9.46. The van der Waals surface area contributed by atoms with E-state index in [1.54, 1.807) is 7.11 Å². The molecule has 4 heterocycles. The summed E-state index contributed by atoms with van der Waals surface area (Å²) < 4.78 is 13.7. The summed E-state index contributed by atoms with van der Waals surface area (Å²) in [5.74, 6) is 0.825. The zero-order valence-corrected chi connectivity index (χ0v) is 43.4. The summed E-state index contributed by atoms with van der Waals surface area (Å²) in [5.41, 5.74) is 14.8. The Bertz CT molecular complexity index is 4960. The lowest BCUT2D eigenvalue weighted by molar-refractivity contribution is 0.415. The van der Waals surface area contributed by atoms with Crippen molar-refractivity contribution in [3.8, 4) is 28.0 Å².